The summed E-state index contributed by atoms with van der Waals surface area (Å²) in [5, 5.41) is 7.42. The number of carbonyl (C=O) groups excluding carboxylic acids is 1. The third kappa shape index (κ3) is 3.09. The van der Waals surface area contributed by atoms with Gasteiger partial charge in [-0.1, -0.05) is 40.9 Å². The molecule has 1 amide bonds. The largest absolute Gasteiger partial charge is 0.418 e. The van der Waals surface area contributed by atoms with Crippen molar-refractivity contribution in [3.63, 3.8) is 0 Å². The Morgan fingerprint density at radius 1 is 1.23 bits per heavy atom. The lowest BCUT2D eigenvalue weighted by atomic mass is 10.3. The lowest BCUT2D eigenvalue weighted by molar-refractivity contribution is 0.212. The Hall–Kier alpha value is -2.02. The van der Waals surface area contributed by atoms with Crippen LogP contribution in [-0.4, -0.2) is 20.7 Å². The molecule has 3 aromatic rings. The van der Waals surface area contributed by atoms with Gasteiger partial charge in [-0.3, -0.25) is 5.32 Å². The van der Waals surface area contributed by atoms with Crippen LogP contribution in [0.15, 0.2) is 36.5 Å². The molecule has 0 unspecified atom stereocenters. The van der Waals surface area contributed by atoms with Gasteiger partial charge in [-0.05, 0) is 18.2 Å². The van der Waals surface area contributed by atoms with Gasteiger partial charge in [0, 0.05) is 16.8 Å². The molecule has 22 heavy (non-hydrogen) atoms. The zero-order valence-electron chi connectivity index (χ0n) is 10.8. The number of fused-ring (bicyclic) bond motifs is 1. The maximum absolute atomic E-state index is 11.9. The molecule has 0 atom stereocenters. The Morgan fingerprint density at radius 2 is 2.05 bits per heavy atom. The average molecular weight is 358 g/mol. The molecule has 0 bridgehead atoms. The Bertz CT molecular complexity index is 866. The Kier molecular flexibility index (Phi) is 4.06. The highest BCUT2D eigenvalue weighted by Gasteiger charge is 2.14. The van der Waals surface area contributed by atoms with Crippen molar-refractivity contribution in [3.05, 3.63) is 51.7 Å². The fraction of sp³-hybridized carbons (Fsp3) is 0. The van der Waals surface area contributed by atoms with E-state index in [4.69, 9.17) is 39.5 Å². The van der Waals surface area contributed by atoms with E-state index in [-0.39, 0.29) is 11.0 Å². The summed E-state index contributed by atoms with van der Waals surface area (Å²) in [6.07, 6.45) is 0.652. The topological polar surface area (TPSA) is 68.5 Å². The Balaban J connectivity index is 1.85. The van der Waals surface area contributed by atoms with Gasteiger partial charge in [-0.2, -0.15) is 9.61 Å². The summed E-state index contributed by atoms with van der Waals surface area (Å²) >= 11 is 17.6. The van der Waals surface area contributed by atoms with Gasteiger partial charge in [0.25, 0.3) is 0 Å². The molecule has 0 radical (unpaired) electrons. The molecule has 6 nitrogen and oxygen atoms in total. The van der Waals surface area contributed by atoms with E-state index < -0.39 is 6.09 Å². The second-order valence-corrected chi connectivity index (χ2v) is 5.40. The molecule has 0 saturated carbocycles. The number of nitrogens with one attached hydrogen (secondary N) is 1. The van der Waals surface area contributed by atoms with Crippen molar-refractivity contribution < 1.29 is 9.53 Å². The summed E-state index contributed by atoms with van der Waals surface area (Å²) in [6, 6.07) is 8.01. The van der Waals surface area contributed by atoms with Crippen molar-refractivity contribution in [1.29, 1.82) is 0 Å². The molecule has 0 fully saturated rings. The van der Waals surface area contributed by atoms with Gasteiger partial charge in [0.2, 0.25) is 5.88 Å². The minimum atomic E-state index is -0.725. The summed E-state index contributed by atoms with van der Waals surface area (Å²) < 4.78 is 6.46. The van der Waals surface area contributed by atoms with Crippen LogP contribution in [0, 0.1) is 0 Å². The van der Waals surface area contributed by atoms with Crippen LogP contribution in [0.4, 0.5) is 10.5 Å². The maximum atomic E-state index is 11.9. The van der Waals surface area contributed by atoms with Crippen LogP contribution in [0.2, 0.25) is 15.2 Å². The van der Waals surface area contributed by atoms with Crippen molar-refractivity contribution in [2.45, 2.75) is 0 Å². The number of amides is 1. The first-order valence-electron chi connectivity index (χ1n) is 5.97. The van der Waals surface area contributed by atoms with Crippen molar-refractivity contribution in [3.8, 4) is 5.88 Å². The van der Waals surface area contributed by atoms with Gasteiger partial charge >= 0.3 is 6.09 Å². The van der Waals surface area contributed by atoms with Gasteiger partial charge in [-0.25, -0.2) is 9.78 Å². The summed E-state index contributed by atoms with van der Waals surface area (Å²) in [6.45, 7) is 0. The van der Waals surface area contributed by atoms with E-state index >= 15 is 0 Å². The molecule has 3 rings (SSSR count). The van der Waals surface area contributed by atoms with E-state index in [9.17, 15) is 4.79 Å². The maximum Gasteiger partial charge on any atom is 0.418 e. The highest BCUT2D eigenvalue weighted by atomic mass is 35.5. The number of hydrogen-bond donors (Lipinski definition) is 1. The number of rotatable bonds is 2. The molecule has 0 spiro atoms. The fourth-order valence-corrected chi connectivity index (χ4v) is 2.29. The van der Waals surface area contributed by atoms with Crippen LogP contribution in [0.3, 0.4) is 0 Å². The SMILES string of the molecule is O=C(Nc1cccc(Cl)c1)Oc1cc(Cl)nc2c(Cl)cnn12. The summed E-state index contributed by atoms with van der Waals surface area (Å²) in [5.41, 5.74) is 0.784. The number of anilines is 1. The first-order valence-corrected chi connectivity index (χ1v) is 7.10. The highest BCUT2D eigenvalue weighted by Crippen LogP contribution is 2.23. The smallest absolute Gasteiger partial charge is 0.391 e. The minimum Gasteiger partial charge on any atom is -0.391 e. The van der Waals surface area contributed by atoms with Crippen LogP contribution < -0.4 is 10.1 Å². The summed E-state index contributed by atoms with van der Waals surface area (Å²) in [4.78, 5) is 15.9. The van der Waals surface area contributed by atoms with Crippen LogP contribution in [-0.2, 0) is 0 Å². The average Bonchev–Trinajstić information content (AvgIpc) is 2.80. The first-order chi connectivity index (χ1) is 10.5. The predicted octanol–water partition coefficient (Wildman–Crippen LogP) is 4.30. The van der Waals surface area contributed by atoms with E-state index in [1.54, 1.807) is 24.3 Å². The molecule has 0 aliphatic carbocycles. The van der Waals surface area contributed by atoms with Gasteiger partial charge in [0.15, 0.2) is 5.65 Å². The third-order valence-corrected chi connectivity index (χ3v) is 3.33. The Labute approximate surface area is 139 Å². The van der Waals surface area contributed by atoms with Crippen molar-refractivity contribution in [1.82, 2.24) is 14.6 Å². The third-order valence-electron chi connectivity index (χ3n) is 2.63. The monoisotopic (exact) mass is 356 g/mol. The van der Waals surface area contributed by atoms with Crippen molar-refractivity contribution >= 4 is 52.2 Å². The zero-order chi connectivity index (χ0) is 15.7. The first kappa shape index (κ1) is 14.9. The normalized spacial score (nSPS) is 10.7. The molecule has 1 N–H and O–H groups in total. The van der Waals surface area contributed by atoms with Gasteiger partial charge < -0.3 is 4.74 Å². The number of nitrogens with zero attached hydrogens (tertiary/aromatic N) is 3. The lowest BCUT2D eigenvalue weighted by Crippen LogP contribution is -2.18. The van der Waals surface area contributed by atoms with E-state index in [1.807, 2.05) is 0 Å². The number of ether oxygens (including phenoxy) is 1. The number of benzene rings is 1. The van der Waals surface area contributed by atoms with Gasteiger partial charge in [-0.15, -0.1) is 0 Å². The second-order valence-electron chi connectivity index (χ2n) is 4.17. The second kappa shape index (κ2) is 6.00. The highest BCUT2D eigenvalue weighted by molar-refractivity contribution is 6.34. The number of hydrogen-bond acceptors (Lipinski definition) is 4. The van der Waals surface area contributed by atoms with Crippen LogP contribution >= 0.6 is 34.8 Å². The fourth-order valence-electron chi connectivity index (χ4n) is 1.76. The van der Waals surface area contributed by atoms with Crippen molar-refractivity contribution in [2.75, 3.05) is 5.32 Å². The molecule has 112 valence electrons. The summed E-state index contributed by atoms with van der Waals surface area (Å²) in [7, 11) is 0. The van der Waals surface area contributed by atoms with E-state index in [2.05, 4.69) is 15.4 Å². The van der Waals surface area contributed by atoms with Crippen molar-refractivity contribution in [2.24, 2.45) is 0 Å². The molecule has 9 heteroatoms. The molecule has 0 aliphatic rings. The van der Waals surface area contributed by atoms with Crippen LogP contribution in [0.1, 0.15) is 0 Å². The van der Waals surface area contributed by atoms with Gasteiger partial charge in [0.05, 0.1) is 6.20 Å². The van der Waals surface area contributed by atoms with Crippen LogP contribution in [0.5, 0.6) is 5.88 Å². The predicted molar refractivity (Wildman–Crippen MR) is 84.1 cm³/mol. The van der Waals surface area contributed by atoms with E-state index in [0.29, 0.717) is 21.4 Å². The summed E-state index contributed by atoms with van der Waals surface area (Å²) in [5.74, 6) is 0.0847. The molecular formula is C13H7Cl3N4O2. The van der Waals surface area contributed by atoms with Crippen LogP contribution in [0.25, 0.3) is 5.65 Å². The number of aromatic nitrogens is 3. The number of halogens is 3. The van der Waals surface area contributed by atoms with E-state index in [0.717, 1.165) is 0 Å². The van der Waals surface area contributed by atoms with E-state index in [1.165, 1.54) is 16.8 Å². The molecule has 0 saturated heterocycles. The molecule has 1 aromatic carbocycles. The number of carbonyl (C=O) groups is 1. The zero-order valence-corrected chi connectivity index (χ0v) is 13.0. The molecular weight excluding hydrogens is 351 g/mol. The van der Waals surface area contributed by atoms with Gasteiger partial charge in [0.1, 0.15) is 10.2 Å². The molecule has 2 heterocycles. The Morgan fingerprint density at radius 3 is 2.82 bits per heavy atom. The standard InChI is InChI=1S/C13H7Cl3N4O2/c14-7-2-1-3-8(4-7)18-13(21)22-11-5-10(16)19-12-9(15)6-17-20(11)12/h1-6H,(H,18,21). The molecule has 2 aromatic heterocycles. The quantitative estimate of drug-likeness (QED) is 0.694. The minimum absolute atomic E-state index is 0.0847. The molecule has 0 aliphatic heterocycles. The lowest BCUT2D eigenvalue weighted by Gasteiger charge is -2.08.